The molecule has 1 saturated heterocycles. The molecule has 260 valence electrons. The number of rotatable bonds is 11. The van der Waals surface area contributed by atoms with Crippen LogP contribution in [0.25, 0.3) is 10.8 Å². The second kappa shape index (κ2) is 13.7. The van der Waals surface area contributed by atoms with E-state index in [2.05, 4.69) is 9.97 Å². The number of carbonyl (C=O) groups is 1. The van der Waals surface area contributed by atoms with Gasteiger partial charge in [-0.05, 0) is 67.2 Å². The second-order valence-corrected chi connectivity index (χ2v) is 16.1. The van der Waals surface area contributed by atoms with Crippen LogP contribution in [0.2, 0.25) is 0 Å². The minimum Gasteiger partial charge on any atom is -0.481 e. The lowest BCUT2D eigenvalue weighted by molar-refractivity contribution is -0.144. The second-order valence-electron chi connectivity index (χ2n) is 14.3. The van der Waals surface area contributed by atoms with Crippen molar-refractivity contribution in [1.29, 1.82) is 0 Å². The number of ether oxygens (including phenoxy) is 3. The van der Waals surface area contributed by atoms with Crippen molar-refractivity contribution in [3.05, 3.63) is 89.7 Å². The third-order valence-corrected chi connectivity index (χ3v) is 11.6. The lowest BCUT2D eigenvalue weighted by Gasteiger charge is -2.35. The summed E-state index contributed by atoms with van der Waals surface area (Å²) >= 11 is 0. The van der Waals surface area contributed by atoms with Crippen molar-refractivity contribution in [2.75, 3.05) is 7.11 Å². The van der Waals surface area contributed by atoms with Gasteiger partial charge in [0.1, 0.15) is 6.04 Å². The molecule has 2 aromatic carbocycles. The van der Waals surface area contributed by atoms with Crippen molar-refractivity contribution < 1.29 is 32.5 Å². The number of pyridine rings is 2. The Hall–Kier alpha value is -4.06. The van der Waals surface area contributed by atoms with E-state index in [1.807, 2.05) is 65.1 Å². The van der Waals surface area contributed by atoms with Gasteiger partial charge in [-0.25, -0.2) is 18.4 Å². The highest BCUT2D eigenvalue weighted by Crippen LogP contribution is 2.53. The van der Waals surface area contributed by atoms with Gasteiger partial charge in [0.05, 0.1) is 36.9 Å². The van der Waals surface area contributed by atoms with Gasteiger partial charge in [-0.1, -0.05) is 69.7 Å². The van der Waals surface area contributed by atoms with E-state index in [0.29, 0.717) is 28.3 Å². The first-order chi connectivity index (χ1) is 23.3. The summed E-state index contributed by atoms with van der Waals surface area (Å²) in [5.41, 5.74) is 1.53. The maximum atomic E-state index is 15.1. The highest BCUT2D eigenvalue weighted by atomic mass is 32.2. The largest absolute Gasteiger partial charge is 0.481 e. The first-order valence-corrected chi connectivity index (χ1v) is 18.3. The van der Waals surface area contributed by atoms with E-state index in [-0.39, 0.29) is 23.5 Å². The fraction of sp³-hybridized carbons (Fsp3) is 0.447. The van der Waals surface area contributed by atoms with Crippen LogP contribution in [0, 0.1) is 11.3 Å². The summed E-state index contributed by atoms with van der Waals surface area (Å²) in [5.74, 6) is -1.01. The van der Waals surface area contributed by atoms with Crippen LogP contribution in [-0.2, 0) is 26.2 Å². The Balaban J connectivity index is 1.56. The summed E-state index contributed by atoms with van der Waals surface area (Å²) in [6.07, 6.45) is 5.55. The van der Waals surface area contributed by atoms with E-state index < -0.39 is 45.5 Å². The maximum Gasteiger partial charge on any atom is 0.322 e. The summed E-state index contributed by atoms with van der Waals surface area (Å²) in [7, 11) is -2.93. The molecule has 2 aromatic heterocycles. The van der Waals surface area contributed by atoms with Crippen LogP contribution < -0.4 is 9.47 Å². The van der Waals surface area contributed by atoms with Gasteiger partial charge in [-0.3, -0.25) is 4.79 Å². The minimum atomic E-state index is -4.49. The van der Waals surface area contributed by atoms with Gasteiger partial charge in [-0.15, -0.1) is 0 Å². The van der Waals surface area contributed by atoms with E-state index in [0.717, 1.165) is 28.1 Å². The Morgan fingerprint density at radius 3 is 2.41 bits per heavy atom. The zero-order valence-electron chi connectivity index (χ0n) is 28.9. The third-order valence-electron chi connectivity index (χ3n) is 9.73. The average Bonchev–Trinajstić information content (AvgIpc) is 3.40. The van der Waals surface area contributed by atoms with Crippen LogP contribution in [0.5, 0.6) is 11.8 Å². The maximum absolute atomic E-state index is 15.1. The molecule has 49 heavy (non-hydrogen) atoms. The smallest absolute Gasteiger partial charge is 0.322 e. The molecule has 4 aromatic rings. The molecule has 0 unspecified atom stereocenters. The third kappa shape index (κ3) is 6.63. The number of aromatic nitrogens is 2. The van der Waals surface area contributed by atoms with E-state index in [4.69, 9.17) is 14.2 Å². The normalized spacial score (nSPS) is 21.9. The number of methoxy groups -OCH3 is 1. The first kappa shape index (κ1) is 34.8. The first-order valence-electron chi connectivity index (χ1n) is 16.8. The Labute approximate surface area is 288 Å². The zero-order valence-corrected chi connectivity index (χ0v) is 29.7. The monoisotopic (exact) mass is 687 g/mol. The van der Waals surface area contributed by atoms with Gasteiger partial charge in [0, 0.05) is 34.8 Å². The van der Waals surface area contributed by atoms with Crippen LogP contribution in [0.15, 0.2) is 78.0 Å². The van der Waals surface area contributed by atoms with Gasteiger partial charge in [-0.2, -0.15) is 4.31 Å². The van der Waals surface area contributed by atoms with E-state index in [1.54, 1.807) is 43.6 Å². The summed E-state index contributed by atoms with van der Waals surface area (Å²) in [5, 5.41) is 12.2. The van der Waals surface area contributed by atoms with Crippen molar-refractivity contribution >= 4 is 26.8 Å². The van der Waals surface area contributed by atoms with Crippen LogP contribution >= 0.6 is 0 Å². The summed E-state index contributed by atoms with van der Waals surface area (Å²) in [6, 6.07) is 15.2. The summed E-state index contributed by atoms with van der Waals surface area (Å²) in [6.45, 7) is 9.51. The summed E-state index contributed by atoms with van der Waals surface area (Å²) < 4.78 is 50.1. The molecular formula is C38H45N3O7S. The predicted octanol–water partition coefficient (Wildman–Crippen LogP) is 7.14. The molecule has 6 rings (SSSR count). The number of aliphatic carboxylic acids is 1. The number of hydrogen-bond donors (Lipinski definition) is 1. The van der Waals surface area contributed by atoms with Crippen molar-refractivity contribution in [1.82, 2.24) is 14.3 Å². The Morgan fingerprint density at radius 2 is 1.76 bits per heavy atom. The van der Waals surface area contributed by atoms with E-state index >= 15 is 8.42 Å². The number of fused-ring (bicyclic) bond motifs is 1. The van der Waals surface area contributed by atoms with Crippen molar-refractivity contribution in [2.24, 2.45) is 11.3 Å². The predicted molar refractivity (Wildman–Crippen MR) is 186 cm³/mol. The molecule has 10 nitrogen and oxygen atoms in total. The molecule has 4 atom stereocenters. The minimum absolute atomic E-state index is 0.0180. The molecule has 11 heteroatoms. The van der Waals surface area contributed by atoms with Crippen LogP contribution in [0.4, 0.5) is 0 Å². The van der Waals surface area contributed by atoms with Gasteiger partial charge < -0.3 is 19.3 Å². The summed E-state index contributed by atoms with van der Waals surface area (Å²) in [4.78, 5) is 22.6. The number of carboxylic acids is 1. The van der Waals surface area contributed by atoms with Crippen LogP contribution in [0.1, 0.15) is 82.5 Å². The SMILES string of the molecule is COc1ncc(C2CCC2)cc1CO[C@H]1[C@H](C(C)(C)C)[C@@H](C(=O)O)N(S(=O)(=O)c2cccc3ccccc23)[C@H]1c1cccnc1OC(C)C. The Bertz CT molecular complexity index is 1930. The number of hydrogen-bond acceptors (Lipinski definition) is 8. The standard InChI is InChI=1S/C38H45N3O7S/c1-23(2)48-36-29(17-11-19-39-36)32-34(47-22-27-20-26(24-13-9-14-24)21-40-35(27)46-6)31(38(3,4)5)33(37(42)43)41(32)49(44,45)30-18-10-15-25-12-7-8-16-28(25)30/h7-8,10-12,15-21,23-24,31-34H,9,13-14,22H2,1-6H3,(H,42,43)/t31-,32+,33+,34+/m1/s1. The molecule has 0 amide bonds. The molecule has 2 fully saturated rings. The molecule has 3 heterocycles. The molecule has 0 radical (unpaired) electrons. The van der Waals surface area contributed by atoms with E-state index in [1.165, 1.54) is 12.5 Å². The van der Waals surface area contributed by atoms with Gasteiger partial charge in [0.15, 0.2) is 0 Å². The fourth-order valence-electron chi connectivity index (χ4n) is 7.33. The van der Waals surface area contributed by atoms with E-state index in [9.17, 15) is 9.90 Å². The highest BCUT2D eigenvalue weighted by molar-refractivity contribution is 7.89. The Morgan fingerprint density at radius 1 is 1.02 bits per heavy atom. The zero-order chi connectivity index (χ0) is 35.1. The van der Waals surface area contributed by atoms with Crippen molar-refractivity contribution in [3.8, 4) is 11.8 Å². The average molecular weight is 688 g/mol. The number of sulfonamides is 1. The van der Waals surface area contributed by atoms with Gasteiger partial charge in [0.25, 0.3) is 0 Å². The molecule has 1 saturated carbocycles. The molecule has 2 aliphatic rings. The van der Waals surface area contributed by atoms with Crippen molar-refractivity contribution in [3.63, 3.8) is 0 Å². The highest BCUT2D eigenvalue weighted by Gasteiger charge is 2.62. The molecule has 1 N–H and O–H groups in total. The van der Waals surface area contributed by atoms with Crippen LogP contribution in [-0.4, -0.2) is 59.1 Å². The number of carboxylic acid groups (broad SMARTS) is 1. The van der Waals surface area contributed by atoms with Crippen molar-refractivity contribution in [2.45, 2.75) is 95.6 Å². The topological polar surface area (TPSA) is 128 Å². The number of benzene rings is 2. The van der Waals surface area contributed by atoms with Gasteiger partial charge in [0.2, 0.25) is 21.8 Å². The quantitative estimate of drug-likeness (QED) is 0.175. The molecule has 0 spiro atoms. The molecule has 1 aliphatic carbocycles. The molecular weight excluding hydrogens is 642 g/mol. The van der Waals surface area contributed by atoms with Gasteiger partial charge >= 0.3 is 5.97 Å². The molecule has 1 aliphatic heterocycles. The molecule has 0 bridgehead atoms. The lowest BCUT2D eigenvalue weighted by Crippen LogP contribution is -2.47. The van der Waals surface area contributed by atoms with Crippen LogP contribution in [0.3, 0.4) is 0 Å². The Kier molecular flexibility index (Phi) is 9.72. The number of nitrogens with zero attached hydrogens (tertiary/aromatic N) is 3. The lowest BCUT2D eigenvalue weighted by atomic mass is 9.73. The fourth-order valence-corrected chi connectivity index (χ4v) is 9.32.